The van der Waals surface area contributed by atoms with Gasteiger partial charge in [-0.05, 0) is 18.4 Å². The SMILES string of the molecule is CCCCCCCCCCOC(CC(N)c1ccccc1)OCCCCCCCCCC. The number of unbranched alkanes of at least 4 members (excludes halogenated alkanes) is 14. The van der Waals surface area contributed by atoms with E-state index in [4.69, 9.17) is 15.2 Å². The van der Waals surface area contributed by atoms with E-state index in [2.05, 4.69) is 26.0 Å². The van der Waals surface area contributed by atoms with E-state index in [1.807, 2.05) is 18.2 Å². The molecule has 0 radical (unpaired) electrons. The minimum absolute atomic E-state index is 0.0432. The topological polar surface area (TPSA) is 44.5 Å². The largest absolute Gasteiger partial charge is 0.353 e. The average molecular weight is 448 g/mol. The molecule has 1 rings (SSSR count). The van der Waals surface area contributed by atoms with Crippen molar-refractivity contribution in [1.82, 2.24) is 0 Å². The Balaban J connectivity index is 2.23. The van der Waals surface area contributed by atoms with Crippen LogP contribution >= 0.6 is 0 Å². The van der Waals surface area contributed by atoms with E-state index < -0.39 is 0 Å². The second kappa shape index (κ2) is 21.9. The van der Waals surface area contributed by atoms with Gasteiger partial charge in [-0.1, -0.05) is 134 Å². The number of hydrogen-bond acceptors (Lipinski definition) is 3. The molecular formula is C29H53NO2. The van der Waals surface area contributed by atoms with E-state index in [-0.39, 0.29) is 12.3 Å². The van der Waals surface area contributed by atoms with Gasteiger partial charge in [-0.25, -0.2) is 0 Å². The third-order valence-corrected chi connectivity index (χ3v) is 6.28. The highest BCUT2D eigenvalue weighted by atomic mass is 16.7. The Bertz CT molecular complexity index is 471. The molecule has 186 valence electrons. The van der Waals surface area contributed by atoms with E-state index in [0.29, 0.717) is 0 Å². The molecule has 3 nitrogen and oxygen atoms in total. The van der Waals surface area contributed by atoms with Gasteiger partial charge in [-0.3, -0.25) is 0 Å². The van der Waals surface area contributed by atoms with Crippen LogP contribution in [-0.4, -0.2) is 19.5 Å². The van der Waals surface area contributed by atoms with Crippen molar-refractivity contribution < 1.29 is 9.47 Å². The zero-order chi connectivity index (χ0) is 23.1. The Morgan fingerprint density at radius 2 is 1.00 bits per heavy atom. The predicted molar refractivity (Wildman–Crippen MR) is 139 cm³/mol. The van der Waals surface area contributed by atoms with Crippen molar-refractivity contribution in [3.8, 4) is 0 Å². The summed E-state index contributed by atoms with van der Waals surface area (Å²) in [7, 11) is 0. The number of nitrogens with two attached hydrogens (primary N) is 1. The summed E-state index contributed by atoms with van der Waals surface area (Å²) in [6.45, 7) is 6.10. The van der Waals surface area contributed by atoms with Crippen LogP contribution in [0.5, 0.6) is 0 Å². The third kappa shape index (κ3) is 16.7. The molecule has 32 heavy (non-hydrogen) atoms. The maximum Gasteiger partial charge on any atom is 0.159 e. The Morgan fingerprint density at radius 1 is 0.594 bits per heavy atom. The Morgan fingerprint density at radius 3 is 1.44 bits per heavy atom. The highest BCUT2D eigenvalue weighted by Gasteiger charge is 2.16. The second-order valence-corrected chi connectivity index (χ2v) is 9.37. The highest BCUT2D eigenvalue weighted by Crippen LogP contribution is 2.19. The maximum atomic E-state index is 6.46. The zero-order valence-corrected chi connectivity index (χ0v) is 21.4. The lowest BCUT2D eigenvalue weighted by atomic mass is 10.0. The van der Waals surface area contributed by atoms with Gasteiger partial charge in [0, 0.05) is 25.7 Å². The summed E-state index contributed by atoms with van der Waals surface area (Å²) in [5.74, 6) is 0. The van der Waals surface area contributed by atoms with Crippen LogP contribution in [-0.2, 0) is 9.47 Å². The minimum Gasteiger partial charge on any atom is -0.353 e. The van der Waals surface area contributed by atoms with Gasteiger partial charge in [0.1, 0.15) is 0 Å². The van der Waals surface area contributed by atoms with Gasteiger partial charge in [-0.15, -0.1) is 0 Å². The number of rotatable bonds is 23. The summed E-state index contributed by atoms with van der Waals surface area (Å²) in [4.78, 5) is 0. The fourth-order valence-corrected chi connectivity index (χ4v) is 4.13. The molecule has 0 spiro atoms. The number of benzene rings is 1. The lowest BCUT2D eigenvalue weighted by Crippen LogP contribution is -2.25. The smallest absolute Gasteiger partial charge is 0.159 e. The molecule has 0 aliphatic heterocycles. The fourth-order valence-electron chi connectivity index (χ4n) is 4.13. The van der Waals surface area contributed by atoms with Crippen LogP contribution in [0.2, 0.25) is 0 Å². The van der Waals surface area contributed by atoms with Crippen LogP contribution in [0.25, 0.3) is 0 Å². The molecule has 1 atom stereocenters. The van der Waals surface area contributed by atoms with Gasteiger partial charge < -0.3 is 15.2 Å². The lowest BCUT2D eigenvalue weighted by molar-refractivity contribution is -0.149. The van der Waals surface area contributed by atoms with Crippen molar-refractivity contribution in [2.24, 2.45) is 5.73 Å². The molecule has 3 heteroatoms. The Kier molecular flexibility index (Phi) is 20.0. The van der Waals surface area contributed by atoms with Gasteiger partial charge in [0.15, 0.2) is 6.29 Å². The molecule has 0 aliphatic rings. The van der Waals surface area contributed by atoms with Crippen LogP contribution < -0.4 is 5.73 Å². The van der Waals surface area contributed by atoms with Crippen molar-refractivity contribution in [1.29, 1.82) is 0 Å². The van der Waals surface area contributed by atoms with Gasteiger partial charge in [0.2, 0.25) is 0 Å². The Hall–Kier alpha value is -0.900. The lowest BCUT2D eigenvalue weighted by Gasteiger charge is -2.22. The summed E-state index contributed by atoms with van der Waals surface area (Å²) in [6, 6.07) is 10.3. The van der Waals surface area contributed by atoms with E-state index >= 15 is 0 Å². The van der Waals surface area contributed by atoms with Gasteiger partial charge in [0.25, 0.3) is 0 Å². The van der Waals surface area contributed by atoms with Crippen molar-refractivity contribution in [3.05, 3.63) is 35.9 Å². The third-order valence-electron chi connectivity index (χ3n) is 6.28. The maximum absolute atomic E-state index is 6.46. The normalized spacial score (nSPS) is 12.5. The fraction of sp³-hybridized carbons (Fsp3) is 0.793. The minimum atomic E-state index is -0.195. The molecule has 1 aromatic rings. The first-order valence-electron chi connectivity index (χ1n) is 13.8. The molecule has 0 amide bonds. The predicted octanol–water partition coefficient (Wildman–Crippen LogP) is 8.72. The highest BCUT2D eigenvalue weighted by molar-refractivity contribution is 5.18. The molecule has 0 aromatic heterocycles. The molecule has 1 aromatic carbocycles. The Labute approximate surface area is 199 Å². The summed E-state index contributed by atoms with van der Waals surface area (Å²) in [6.07, 6.45) is 21.5. The van der Waals surface area contributed by atoms with Crippen molar-refractivity contribution in [3.63, 3.8) is 0 Å². The second-order valence-electron chi connectivity index (χ2n) is 9.37. The summed E-state index contributed by atoms with van der Waals surface area (Å²) in [5.41, 5.74) is 7.61. The zero-order valence-electron chi connectivity index (χ0n) is 21.4. The standard InChI is InChI=1S/C29H53NO2/c1-3-5-7-9-11-13-15-20-24-31-29(26-28(30)27-22-18-17-19-23-27)32-25-21-16-14-12-10-8-6-4-2/h17-19,22-23,28-29H,3-16,20-21,24-26,30H2,1-2H3. The molecular weight excluding hydrogens is 394 g/mol. The van der Waals surface area contributed by atoms with E-state index in [0.717, 1.165) is 38.0 Å². The van der Waals surface area contributed by atoms with E-state index in [1.165, 1.54) is 89.9 Å². The molecule has 0 fully saturated rings. The van der Waals surface area contributed by atoms with Crippen LogP contribution in [0.4, 0.5) is 0 Å². The van der Waals surface area contributed by atoms with E-state index in [9.17, 15) is 0 Å². The summed E-state index contributed by atoms with van der Waals surface area (Å²) >= 11 is 0. The summed E-state index contributed by atoms with van der Waals surface area (Å²) < 4.78 is 12.3. The molecule has 1 unspecified atom stereocenters. The van der Waals surface area contributed by atoms with Crippen molar-refractivity contribution in [2.45, 2.75) is 135 Å². The molecule has 0 saturated carbocycles. The van der Waals surface area contributed by atoms with Crippen LogP contribution in [0.3, 0.4) is 0 Å². The monoisotopic (exact) mass is 447 g/mol. The first kappa shape index (κ1) is 29.1. The first-order valence-corrected chi connectivity index (χ1v) is 13.8. The van der Waals surface area contributed by atoms with Crippen LogP contribution in [0.15, 0.2) is 30.3 Å². The first-order chi connectivity index (χ1) is 15.8. The molecule has 0 bridgehead atoms. The van der Waals surface area contributed by atoms with Gasteiger partial charge >= 0.3 is 0 Å². The quantitative estimate of drug-likeness (QED) is 0.135. The molecule has 0 saturated heterocycles. The van der Waals surface area contributed by atoms with Crippen molar-refractivity contribution >= 4 is 0 Å². The molecule has 2 N–H and O–H groups in total. The molecule has 0 aliphatic carbocycles. The average Bonchev–Trinajstić information content (AvgIpc) is 2.82. The molecule has 0 heterocycles. The van der Waals surface area contributed by atoms with E-state index in [1.54, 1.807) is 0 Å². The summed E-state index contributed by atoms with van der Waals surface area (Å²) in [5, 5.41) is 0. The van der Waals surface area contributed by atoms with Gasteiger partial charge in [-0.2, -0.15) is 0 Å². The van der Waals surface area contributed by atoms with Crippen molar-refractivity contribution in [2.75, 3.05) is 13.2 Å². The number of ether oxygens (including phenoxy) is 2. The van der Waals surface area contributed by atoms with Gasteiger partial charge in [0.05, 0.1) is 0 Å². The number of hydrogen-bond donors (Lipinski definition) is 1. The van der Waals surface area contributed by atoms with Crippen LogP contribution in [0.1, 0.15) is 135 Å². The van der Waals surface area contributed by atoms with Crippen LogP contribution in [0, 0.1) is 0 Å².